The van der Waals surface area contributed by atoms with Crippen molar-refractivity contribution in [1.82, 2.24) is 0 Å². The molecular formula is C81H64O2. The molecule has 13 aromatic rings. The molecule has 0 N–H and O–H groups in total. The normalized spacial score (nSPS) is 16.1. The van der Waals surface area contributed by atoms with Crippen LogP contribution in [-0.4, -0.2) is 0 Å². The summed E-state index contributed by atoms with van der Waals surface area (Å²) in [5.74, 6) is 0.108. The number of hydrogen-bond donors (Lipinski definition) is 0. The fourth-order valence-electron chi connectivity index (χ4n) is 16.3. The SMILES string of the molecule is CC1(C)c2cc(C(CCc3ccc4c(c3)C(C)(C)c3cc5c(cc3-4)C(C)(C)c3ccc4oc6ccccc6c4c3-5)c3ccc(-c4ccccc4)cc3-c3ccccc3)ccc2-c2cc3c(cc21)-c1c(ccc2c1oc1ccccc12)C3(C)C. The minimum Gasteiger partial charge on any atom is -0.456 e. The minimum atomic E-state index is -0.245. The van der Waals surface area contributed by atoms with Crippen molar-refractivity contribution in [3.8, 4) is 66.8 Å². The van der Waals surface area contributed by atoms with Gasteiger partial charge in [0.2, 0.25) is 0 Å². The maximum absolute atomic E-state index is 6.79. The van der Waals surface area contributed by atoms with E-state index in [4.69, 9.17) is 8.83 Å². The molecule has 4 aliphatic rings. The first-order chi connectivity index (χ1) is 40.2. The Morgan fingerprint density at radius 1 is 0.325 bits per heavy atom. The number of para-hydroxylation sites is 2. The number of hydrogen-bond acceptors (Lipinski definition) is 2. The van der Waals surface area contributed by atoms with Gasteiger partial charge in [-0.15, -0.1) is 0 Å². The standard InChI is InChI=1S/C81H64O2/c1-78(2)63-37-38-73-76(57-24-16-18-26-72(57)82-73)74(63)61-44-67-59(42-69(61)78)53-32-28-46(39-65(53)80(67,5)6)27-31-51(52-33-29-49(47-19-11-9-12-20-47)40-58(52)48-21-13-10-14-22-48)50-30-34-54-60-43-70-62(45-68(60)81(7,8)66(54)41-50)75-64(79(70,3)4)36-35-56-55-23-15-17-25-71(55)83-77(56)75/h9-26,28-30,32-45,51H,27,31H2,1-8H3. The van der Waals surface area contributed by atoms with E-state index in [0.717, 1.165) is 35.2 Å². The molecule has 17 rings (SSSR count). The van der Waals surface area contributed by atoms with Crippen LogP contribution in [-0.2, 0) is 28.1 Å². The van der Waals surface area contributed by atoms with Gasteiger partial charge in [-0.05, 0) is 184 Å². The van der Waals surface area contributed by atoms with Crippen LogP contribution in [0.25, 0.3) is 111 Å². The van der Waals surface area contributed by atoms with Gasteiger partial charge in [0.25, 0.3) is 0 Å². The molecule has 2 nitrogen and oxygen atoms in total. The zero-order chi connectivity index (χ0) is 56.1. The lowest BCUT2D eigenvalue weighted by Crippen LogP contribution is -2.17. The summed E-state index contributed by atoms with van der Waals surface area (Å²) in [6.45, 7) is 19.4. The van der Waals surface area contributed by atoms with Crippen molar-refractivity contribution >= 4 is 43.9 Å². The van der Waals surface area contributed by atoms with E-state index >= 15 is 0 Å². The second-order valence-corrected chi connectivity index (χ2v) is 26.6. The Balaban J connectivity index is 0.776. The molecule has 0 aliphatic heterocycles. The van der Waals surface area contributed by atoms with Crippen molar-refractivity contribution in [3.05, 3.63) is 274 Å². The number of benzene rings is 11. The smallest absolute Gasteiger partial charge is 0.143 e. The van der Waals surface area contributed by atoms with E-state index in [1.807, 2.05) is 0 Å². The Bertz CT molecular complexity index is 4950. The third-order valence-electron chi connectivity index (χ3n) is 20.8. The van der Waals surface area contributed by atoms with E-state index < -0.39 is 0 Å². The number of aryl methyl sites for hydroxylation is 1. The second kappa shape index (κ2) is 16.8. The van der Waals surface area contributed by atoms with Crippen molar-refractivity contribution in [2.24, 2.45) is 0 Å². The molecule has 2 heteroatoms. The topological polar surface area (TPSA) is 26.3 Å². The Hall–Kier alpha value is -8.98. The quantitative estimate of drug-likeness (QED) is 0.159. The van der Waals surface area contributed by atoms with E-state index in [-0.39, 0.29) is 27.6 Å². The summed E-state index contributed by atoms with van der Waals surface area (Å²) in [5, 5.41) is 4.79. The van der Waals surface area contributed by atoms with Gasteiger partial charge < -0.3 is 8.83 Å². The monoisotopic (exact) mass is 1070 g/mol. The average Bonchev–Trinajstić information content (AvgIpc) is 1.85. The number of fused-ring (bicyclic) bond motifs is 20. The van der Waals surface area contributed by atoms with Gasteiger partial charge in [0.15, 0.2) is 0 Å². The van der Waals surface area contributed by atoms with Crippen molar-refractivity contribution < 1.29 is 8.83 Å². The van der Waals surface area contributed by atoms with Gasteiger partial charge in [-0.1, -0.05) is 219 Å². The molecule has 4 aliphatic carbocycles. The fourth-order valence-corrected chi connectivity index (χ4v) is 16.3. The molecule has 0 spiro atoms. The second-order valence-electron chi connectivity index (χ2n) is 26.6. The minimum absolute atomic E-state index is 0.108. The summed E-state index contributed by atoms with van der Waals surface area (Å²) in [7, 11) is 0. The molecule has 0 bridgehead atoms. The zero-order valence-electron chi connectivity index (χ0n) is 48.5. The number of rotatable bonds is 7. The lowest BCUT2D eigenvalue weighted by atomic mass is 9.77. The molecule has 2 aromatic heterocycles. The molecule has 0 fully saturated rings. The highest BCUT2D eigenvalue weighted by Crippen LogP contribution is 2.61. The first-order valence-electron chi connectivity index (χ1n) is 30.0. The van der Waals surface area contributed by atoms with Gasteiger partial charge in [-0.25, -0.2) is 0 Å². The Kier molecular flexibility index (Phi) is 9.87. The lowest BCUT2D eigenvalue weighted by Gasteiger charge is -2.26. The summed E-state index contributed by atoms with van der Waals surface area (Å²) < 4.78 is 13.3. The fraction of sp³-hybridized carbons (Fsp3) is 0.185. The predicted molar refractivity (Wildman–Crippen MR) is 345 cm³/mol. The van der Waals surface area contributed by atoms with Crippen LogP contribution in [0.4, 0.5) is 0 Å². The average molecular weight is 1070 g/mol. The lowest BCUT2D eigenvalue weighted by molar-refractivity contribution is 0.647. The number of furan rings is 2. The van der Waals surface area contributed by atoms with Crippen molar-refractivity contribution in [1.29, 1.82) is 0 Å². The van der Waals surface area contributed by atoms with Gasteiger partial charge in [-0.2, -0.15) is 0 Å². The molecule has 11 aromatic carbocycles. The van der Waals surface area contributed by atoms with Crippen LogP contribution in [0.5, 0.6) is 0 Å². The summed E-state index contributed by atoms with van der Waals surface area (Å²) in [6.07, 6.45) is 1.88. The summed E-state index contributed by atoms with van der Waals surface area (Å²) in [5.41, 5.74) is 33.9. The molecule has 1 atom stereocenters. The zero-order valence-corrected chi connectivity index (χ0v) is 48.5. The van der Waals surface area contributed by atoms with E-state index in [9.17, 15) is 0 Å². The highest BCUT2D eigenvalue weighted by molar-refractivity contribution is 6.16. The molecule has 0 radical (unpaired) electrons. The Labute approximate surface area is 486 Å². The largest absolute Gasteiger partial charge is 0.456 e. The van der Waals surface area contributed by atoms with E-state index in [1.54, 1.807) is 0 Å². The summed E-state index contributed by atoms with van der Waals surface area (Å²) >= 11 is 0. The molecule has 0 amide bonds. The molecule has 2 heterocycles. The van der Waals surface area contributed by atoms with E-state index in [1.165, 1.54) is 150 Å². The van der Waals surface area contributed by atoms with Crippen LogP contribution in [0.1, 0.15) is 129 Å². The van der Waals surface area contributed by atoms with Gasteiger partial charge in [0.05, 0.1) is 0 Å². The van der Waals surface area contributed by atoms with Gasteiger partial charge in [0, 0.05) is 54.7 Å². The third kappa shape index (κ3) is 6.67. The van der Waals surface area contributed by atoms with Gasteiger partial charge >= 0.3 is 0 Å². The van der Waals surface area contributed by atoms with E-state index in [0.29, 0.717) is 0 Å². The van der Waals surface area contributed by atoms with Gasteiger partial charge in [0.1, 0.15) is 22.3 Å². The molecule has 400 valence electrons. The molecule has 1 unspecified atom stereocenters. The van der Waals surface area contributed by atoms with Crippen LogP contribution in [0, 0.1) is 0 Å². The summed E-state index contributed by atoms with van der Waals surface area (Å²) in [6, 6.07) is 80.6. The maximum atomic E-state index is 6.79. The van der Waals surface area contributed by atoms with E-state index in [2.05, 4.69) is 268 Å². The summed E-state index contributed by atoms with van der Waals surface area (Å²) in [4.78, 5) is 0. The highest BCUT2D eigenvalue weighted by atomic mass is 16.3. The molecule has 0 saturated carbocycles. The molecule has 0 saturated heterocycles. The Morgan fingerprint density at radius 2 is 0.855 bits per heavy atom. The predicted octanol–water partition coefficient (Wildman–Crippen LogP) is 21.8. The molecular weight excluding hydrogens is 1000 g/mol. The van der Waals surface area contributed by atoms with Crippen molar-refractivity contribution in [3.63, 3.8) is 0 Å². The van der Waals surface area contributed by atoms with Crippen LogP contribution < -0.4 is 0 Å². The van der Waals surface area contributed by atoms with Crippen LogP contribution in [0.3, 0.4) is 0 Å². The third-order valence-corrected chi connectivity index (χ3v) is 20.8. The maximum Gasteiger partial charge on any atom is 0.143 e. The highest BCUT2D eigenvalue weighted by Gasteiger charge is 2.45. The van der Waals surface area contributed by atoms with Crippen LogP contribution >= 0.6 is 0 Å². The van der Waals surface area contributed by atoms with Crippen LogP contribution in [0.2, 0.25) is 0 Å². The first kappa shape index (κ1) is 48.7. The first-order valence-corrected chi connectivity index (χ1v) is 30.0. The Morgan fingerprint density at radius 3 is 1.55 bits per heavy atom. The van der Waals surface area contributed by atoms with Crippen molar-refractivity contribution in [2.75, 3.05) is 0 Å². The van der Waals surface area contributed by atoms with Gasteiger partial charge in [-0.3, -0.25) is 0 Å². The van der Waals surface area contributed by atoms with Crippen LogP contribution in [0.15, 0.2) is 221 Å². The molecule has 83 heavy (non-hydrogen) atoms. The van der Waals surface area contributed by atoms with Crippen molar-refractivity contribution in [2.45, 2.75) is 95.8 Å².